The topological polar surface area (TPSA) is 127 Å². The Kier molecular flexibility index (Phi) is 5.92. The van der Waals surface area contributed by atoms with Gasteiger partial charge in [0.25, 0.3) is 12.3 Å². The molecule has 1 saturated heterocycles. The zero-order valence-corrected chi connectivity index (χ0v) is 19.5. The largest absolute Gasteiger partial charge is 0.375 e. The normalized spacial score (nSPS) is 17.8. The number of amides is 1. The number of alkyl halides is 2. The number of nitrogens with zero attached hydrogens (tertiary/aromatic N) is 8. The maximum Gasteiger partial charge on any atom is 0.258 e. The maximum atomic E-state index is 12.7. The minimum atomic E-state index is -2.51. The lowest BCUT2D eigenvalue weighted by atomic mass is 9.92. The highest BCUT2D eigenvalue weighted by molar-refractivity contribution is 5.88. The Bertz CT molecular complexity index is 1420. The number of pyridine rings is 1. The van der Waals surface area contributed by atoms with Gasteiger partial charge in [-0.1, -0.05) is 0 Å². The van der Waals surface area contributed by atoms with Gasteiger partial charge >= 0.3 is 0 Å². The fourth-order valence-electron chi connectivity index (χ4n) is 4.07. The summed E-state index contributed by atoms with van der Waals surface area (Å²) in [4.78, 5) is 27.0. The van der Waals surface area contributed by atoms with E-state index in [1.165, 1.54) is 26.7 Å². The van der Waals surface area contributed by atoms with Crippen molar-refractivity contribution < 1.29 is 18.7 Å². The number of hydrogen-bond acceptors (Lipinski definition) is 8. The van der Waals surface area contributed by atoms with Gasteiger partial charge in [-0.15, -0.1) is 0 Å². The van der Waals surface area contributed by atoms with Crippen molar-refractivity contribution in [2.45, 2.75) is 31.9 Å². The lowest BCUT2D eigenvalue weighted by molar-refractivity contribution is -0.143. The van der Waals surface area contributed by atoms with E-state index in [9.17, 15) is 18.7 Å². The van der Waals surface area contributed by atoms with Crippen molar-refractivity contribution in [1.29, 1.82) is 0 Å². The molecule has 0 spiro atoms. The quantitative estimate of drug-likeness (QED) is 0.400. The van der Waals surface area contributed by atoms with Crippen LogP contribution in [-0.2, 0) is 16.9 Å². The molecule has 5 rings (SSSR count). The van der Waals surface area contributed by atoms with Crippen molar-refractivity contribution in [2.24, 2.45) is 0 Å². The Balaban J connectivity index is 1.37. The van der Waals surface area contributed by atoms with E-state index in [0.29, 0.717) is 47.1 Å². The maximum absolute atomic E-state index is 12.7. The van der Waals surface area contributed by atoms with Crippen LogP contribution in [0.3, 0.4) is 0 Å². The second kappa shape index (κ2) is 9.07. The first kappa shape index (κ1) is 23.5. The van der Waals surface area contributed by atoms with E-state index in [1.54, 1.807) is 50.6 Å². The fraction of sp³-hybridized carbons (Fsp3) is 0.304. The smallest absolute Gasteiger partial charge is 0.258 e. The molecule has 11 nitrogen and oxygen atoms in total. The molecule has 1 atom stereocenters. The molecular weight excluding hydrogens is 472 g/mol. The van der Waals surface area contributed by atoms with Gasteiger partial charge in [0, 0.05) is 50.9 Å². The van der Waals surface area contributed by atoms with Gasteiger partial charge in [0.2, 0.25) is 5.95 Å². The third-order valence-corrected chi connectivity index (χ3v) is 5.99. The van der Waals surface area contributed by atoms with Gasteiger partial charge in [0.1, 0.15) is 12.2 Å². The number of anilines is 2. The van der Waals surface area contributed by atoms with Gasteiger partial charge in [-0.2, -0.15) is 15.2 Å². The van der Waals surface area contributed by atoms with E-state index in [-0.39, 0.29) is 11.9 Å². The monoisotopic (exact) mass is 495 g/mol. The predicted octanol–water partition coefficient (Wildman–Crippen LogP) is 2.29. The van der Waals surface area contributed by atoms with Gasteiger partial charge in [-0.05, 0) is 30.7 Å². The molecule has 186 valence electrons. The first-order valence-corrected chi connectivity index (χ1v) is 11.2. The molecule has 0 bridgehead atoms. The lowest BCUT2D eigenvalue weighted by Gasteiger charge is -2.21. The third kappa shape index (κ3) is 4.40. The second-order valence-electron chi connectivity index (χ2n) is 8.52. The molecule has 1 aliphatic heterocycles. The average Bonchev–Trinajstić information content (AvgIpc) is 3.55. The summed E-state index contributed by atoms with van der Waals surface area (Å²) >= 11 is 0. The number of carbonyl (C=O) groups excluding carboxylic acids is 1. The molecule has 1 fully saturated rings. The van der Waals surface area contributed by atoms with Gasteiger partial charge in [-0.25, -0.2) is 18.4 Å². The summed E-state index contributed by atoms with van der Waals surface area (Å²) in [5.74, 6) is 0.357. The number of aromatic nitrogens is 7. The van der Waals surface area contributed by atoms with Crippen LogP contribution in [0.2, 0.25) is 0 Å². The van der Waals surface area contributed by atoms with Gasteiger partial charge < -0.3 is 15.3 Å². The van der Waals surface area contributed by atoms with E-state index in [4.69, 9.17) is 0 Å². The van der Waals surface area contributed by atoms with E-state index >= 15 is 0 Å². The van der Waals surface area contributed by atoms with Crippen LogP contribution in [-0.4, -0.2) is 70.4 Å². The highest BCUT2D eigenvalue weighted by Crippen LogP contribution is 2.33. The average molecular weight is 495 g/mol. The lowest BCUT2D eigenvalue weighted by Crippen LogP contribution is -2.36. The highest BCUT2D eigenvalue weighted by Gasteiger charge is 2.45. The molecule has 0 saturated carbocycles. The molecule has 0 radical (unpaired) electrons. The molecule has 1 amide bonds. The molecule has 0 aliphatic carbocycles. The zero-order valence-electron chi connectivity index (χ0n) is 19.5. The number of rotatable bonds is 7. The number of aryl methyl sites for hydroxylation is 1. The molecule has 0 aromatic carbocycles. The summed E-state index contributed by atoms with van der Waals surface area (Å²) in [6.45, 7) is 1.66. The van der Waals surface area contributed by atoms with Crippen LogP contribution in [0.1, 0.15) is 17.7 Å². The summed E-state index contributed by atoms with van der Waals surface area (Å²) in [5, 5.41) is 22.6. The van der Waals surface area contributed by atoms with Crippen LogP contribution in [0.25, 0.3) is 17.2 Å². The Morgan fingerprint density at radius 1 is 1.17 bits per heavy atom. The summed E-state index contributed by atoms with van der Waals surface area (Å²) in [6, 6.07) is 6.70. The van der Waals surface area contributed by atoms with Crippen molar-refractivity contribution in [3.05, 3.63) is 60.3 Å². The Morgan fingerprint density at radius 2 is 1.97 bits per heavy atom. The van der Waals surface area contributed by atoms with Crippen molar-refractivity contribution in [1.82, 2.24) is 39.4 Å². The fourth-order valence-corrected chi connectivity index (χ4v) is 4.07. The number of halogens is 2. The first-order valence-electron chi connectivity index (χ1n) is 11.2. The summed E-state index contributed by atoms with van der Waals surface area (Å²) in [6.07, 6.45) is 4.05. The highest BCUT2D eigenvalue weighted by atomic mass is 19.3. The summed E-state index contributed by atoms with van der Waals surface area (Å²) in [5.41, 5.74) is 0.954. The standard InChI is InChI=1S/C23H23F2N9O2/c1-14-18(12-33(30-14)13-19(24)25)28-22-27-8-4-20(29-22)34-9-5-16(31-34)17-11-15(3-7-26-17)23(36)6-10-32(2)21(23)35/h3-5,7-9,11-12,19,36H,6,10,13H2,1-2H3,(H,27,28,29)/t23-/m1/s1. The van der Waals surface area contributed by atoms with E-state index in [2.05, 4.69) is 30.5 Å². The molecular formula is C23H23F2N9O2. The summed E-state index contributed by atoms with van der Waals surface area (Å²) < 4.78 is 28.0. The van der Waals surface area contributed by atoms with Crippen LogP contribution in [0.5, 0.6) is 0 Å². The molecule has 13 heteroatoms. The van der Waals surface area contributed by atoms with E-state index in [1.807, 2.05) is 0 Å². The zero-order chi connectivity index (χ0) is 25.4. The van der Waals surface area contributed by atoms with Crippen LogP contribution >= 0.6 is 0 Å². The first-order chi connectivity index (χ1) is 17.2. The molecule has 36 heavy (non-hydrogen) atoms. The third-order valence-electron chi connectivity index (χ3n) is 5.99. The molecule has 5 heterocycles. The molecule has 0 unspecified atom stereocenters. The molecule has 4 aromatic rings. The second-order valence-corrected chi connectivity index (χ2v) is 8.52. The predicted molar refractivity (Wildman–Crippen MR) is 125 cm³/mol. The van der Waals surface area contributed by atoms with Gasteiger partial charge in [0.05, 0.1) is 17.1 Å². The number of nitrogens with one attached hydrogen (secondary N) is 1. The Hall–Kier alpha value is -4.26. The number of carbonyl (C=O) groups is 1. The molecule has 4 aromatic heterocycles. The van der Waals surface area contributed by atoms with E-state index < -0.39 is 18.6 Å². The van der Waals surface area contributed by atoms with Crippen molar-refractivity contribution in [2.75, 3.05) is 18.9 Å². The van der Waals surface area contributed by atoms with Crippen molar-refractivity contribution in [3.63, 3.8) is 0 Å². The number of likely N-dealkylation sites (tertiary alicyclic amines) is 1. The van der Waals surface area contributed by atoms with Crippen LogP contribution in [0.15, 0.2) is 49.1 Å². The minimum absolute atomic E-state index is 0.246. The van der Waals surface area contributed by atoms with Gasteiger partial charge in [-0.3, -0.25) is 14.5 Å². The Labute approximate surface area is 204 Å². The molecule has 2 N–H and O–H groups in total. The van der Waals surface area contributed by atoms with Gasteiger partial charge in [0.15, 0.2) is 11.4 Å². The van der Waals surface area contributed by atoms with Crippen molar-refractivity contribution in [3.8, 4) is 17.2 Å². The van der Waals surface area contributed by atoms with E-state index in [0.717, 1.165) is 0 Å². The van der Waals surface area contributed by atoms with Crippen LogP contribution < -0.4 is 5.32 Å². The van der Waals surface area contributed by atoms with Crippen LogP contribution in [0.4, 0.5) is 20.4 Å². The number of likely N-dealkylation sites (N-methyl/N-ethyl adjacent to an activating group) is 1. The van der Waals surface area contributed by atoms with Crippen molar-refractivity contribution >= 4 is 17.5 Å². The minimum Gasteiger partial charge on any atom is -0.375 e. The summed E-state index contributed by atoms with van der Waals surface area (Å²) in [7, 11) is 1.66. The Morgan fingerprint density at radius 3 is 2.72 bits per heavy atom. The van der Waals surface area contributed by atoms with Crippen LogP contribution in [0, 0.1) is 6.92 Å². The molecule has 1 aliphatic rings. The number of aliphatic hydroxyl groups is 1. The SMILES string of the molecule is Cc1nn(CC(F)F)cc1Nc1nccc(-n2ccc(-c3cc([C@]4(O)CCN(C)C4=O)ccn3)n2)n1. The number of hydrogen-bond donors (Lipinski definition) is 2.